The molecule has 98 valence electrons. The molecule has 3 nitrogen and oxygen atoms in total. The number of halogens is 1. The average Bonchev–Trinajstić information content (AvgIpc) is 2.57. The maximum Gasteiger partial charge on any atom is 0.0834 e. The van der Waals surface area contributed by atoms with Gasteiger partial charge in [0.05, 0.1) is 23.0 Å². The second-order valence-corrected chi connectivity index (χ2v) is 5.98. The molecule has 1 rings (SSSR count). The van der Waals surface area contributed by atoms with E-state index in [2.05, 4.69) is 45.0 Å². The topological polar surface area (TPSA) is 29.9 Å². The summed E-state index contributed by atoms with van der Waals surface area (Å²) in [6.07, 6.45) is 2.79. The maximum atomic E-state index is 6.26. The first-order chi connectivity index (χ1) is 7.89. The molecule has 0 amide bonds. The third-order valence-electron chi connectivity index (χ3n) is 2.73. The molecule has 1 unspecified atom stereocenters. The Labute approximate surface area is 110 Å². The van der Waals surface area contributed by atoms with Crippen LogP contribution in [0.2, 0.25) is 5.02 Å². The van der Waals surface area contributed by atoms with Gasteiger partial charge in [0.1, 0.15) is 0 Å². The Balaban J connectivity index is 3.00. The summed E-state index contributed by atoms with van der Waals surface area (Å²) in [6, 6.07) is 0.273. The fourth-order valence-corrected chi connectivity index (χ4v) is 2.37. The number of aryl methyl sites for hydroxylation is 1. The molecule has 0 aliphatic rings. The van der Waals surface area contributed by atoms with Crippen LogP contribution in [0.4, 0.5) is 0 Å². The molecule has 1 aromatic rings. The minimum absolute atomic E-state index is 0.263. The zero-order valence-electron chi connectivity index (χ0n) is 11.5. The van der Waals surface area contributed by atoms with Crippen molar-refractivity contribution in [3.05, 3.63) is 16.9 Å². The number of hydrogen-bond donors (Lipinski definition) is 1. The molecular weight excluding hydrogens is 234 g/mol. The van der Waals surface area contributed by atoms with E-state index in [1.165, 1.54) is 0 Å². The molecule has 1 atom stereocenters. The van der Waals surface area contributed by atoms with Gasteiger partial charge in [-0.1, -0.05) is 39.3 Å². The second-order valence-electron chi connectivity index (χ2n) is 5.57. The van der Waals surface area contributed by atoms with Crippen LogP contribution in [-0.4, -0.2) is 16.3 Å². The van der Waals surface area contributed by atoms with E-state index in [9.17, 15) is 0 Å². The molecule has 0 saturated heterocycles. The summed E-state index contributed by atoms with van der Waals surface area (Å²) in [5.41, 5.74) is 1.38. The van der Waals surface area contributed by atoms with Gasteiger partial charge in [-0.15, -0.1) is 0 Å². The minimum Gasteiger partial charge on any atom is -0.309 e. The Hall–Kier alpha value is -0.540. The van der Waals surface area contributed by atoms with E-state index in [-0.39, 0.29) is 11.5 Å². The van der Waals surface area contributed by atoms with Crippen molar-refractivity contribution in [1.29, 1.82) is 0 Å². The smallest absolute Gasteiger partial charge is 0.0834 e. The van der Waals surface area contributed by atoms with Crippen LogP contribution in [0.5, 0.6) is 0 Å². The number of hydrogen-bond acceptors (Lipinski definition) is 2. The highest BCUT2D eigenvalue weighted by atomic mass is 35.5. The van der Waals surface area contributed by atoms with E-state index in [0.717, 1.165) is 30.2 Å². The molecule has 1 N–H and O–H groups in total. The lowest BCUT2D eigenvalue weighted by Crippen LogP contribution is -2.28. The van der Waals surface area contributed by atoms with Crippen molar-refractivity contribution in [1.82, 2.24) is 15.1 Å². The summed E-state index contributed by atoms with van der Waals surface area (Å²) in [5, 5.41) is 8.59. The standard InChI is InChI=1S/C13H24ClN3/c1-6-15-11(8-13(3,4)5)12-10(14)9-16-17(12)7-2/h9,11,15H,6-8H2,1-5H3. The van der Waals surface area contributed by atoms with Crippen molar-refractivity contribution < 1.29 is 0 Å². The van der Waals surface area contributed by atoms with E-state index in [1.54, 1.807) is 6.20 Å². The fraction of sp³-hybridized carbons (Fsp3) is 0.769. The van der Waals surface area contributed by atoms with Crippen molar-refractivity contribution in [2.24, 2.45) is 5.41 Å². The van der Waals surface area contributed by atoms with Crippen molar-refractivity contribution in [3.8, 4) is 0 Å². The molecule has 0 aliphatic carbocycles. The van der Waals surface area contributed by atoms with E-state index in [4.69, 9.17) is 11.6 Å². The Morgan fingerprint density at radius 3 is 2.53 bits per heavy atom. The molecule has 1 heterocycles. The Morgan fingerprint density at radius 2 is 2.06 bits per heavy atom. The summed E-state index contributed by atoms with van der Waals surface area (Å²) in [5.74, 6) is 0. The quantitative estimate of drug-likeness (QED) is 0.873. The highest BCUT2D eigenvalue weighted by Crippen LogP contribution is 2.32. The maximum absolute atomic E-state index is 6.26. The monoisotopic (exact) mass is 257 g/mol. The largest absolute Gasteiger partial charge is 0.309 e. The molecule has 4 heteroatoms. The minimum atomic E-state index is 0.263. The van der Waals surface area contributed by atoms with Gasteiger partial charge >= 0.3 is 0 Å². The van der Waals surface area contributed by atoms with Gasteiger partial charge in [-0.2, -0.15) is 5.10 Å². The zero-order valence-corrected chi connectivity index (χ0v) is 12.3. The first-order valence-corrected chi connectivity index (χ1v) is 6.71. The SMILES string of the molecule is CCNC(CC(C)(C)C)c1c(Cl)cnn1CC. The molecule has 1 aromatic heterocycles. The van der Waals surface area contributed by atoms with E-state index in [1.807, 2.05) is 4.68 Å². The van der Waals surface area contributed by atoms with Crippen LogP contribution < -0.4 is 5.32 Å². The van der Waals surface area contributed by atoms with Crippen molar-refractivity contribution in [3.63, 3.8) is 0 Å². The lowest BCUT2D eigenvalue weighted by atomic mass is 9.87. The third kappa shape index (κ3) is 4.00. The predicted molar refractivity (Wildman–Crippen MR) is 73.4 cm³/mol. The van der Waals surface area contributed by atoms with E-state index in [0.29, 0.717) is 0 Å². The Morgan fingerprint density at radius 1 is 1.41 bits per heavy atom. The second kappa shape index (κ2) is 5.87. The first-order valence-electron chi connectivity index (χ1n) is 6.33. The number of nitrogens with one attached hydrogen (secondary N) is 1. The van der Waals surface area contributed by atoms with E-state index < -0.39 is 0 Å². The van der Waals surface area contributed by atoms with Crippen LogP contribution in [-0.2, 0) is 6.54 Å². The summed E-state index contributed by atoms with van der Waals surface area (Å²) in [4.78, 5) is 0. The molecule has 0 bridgehead atoms. The third-order valence-corrected chi connectivity index (χ3v) is 3.02. The van der Waals surface area contributed by atoms with Crippen LogP contribution in [0.25, 0.3) is 0 Å². The summed E-state index contributed by atoms with van der Waals surface area (Å²) in [6.45, 7) is 12.7. The Kier molecular flexibility index (Phi) is 5.02. The first kappa shape index (κ1) is 14.5. The van der Waals surface area contributed by atoms with Gasteiger partial charge in [0.15, 0.2) is 0 Å². The predicted octanol–water partition coefficient (Wildman–Crippen LogP) is 3.64. The Bertz CT molecular complexity index is 352. The van der Waals surface area contributed by atoms with Gasteiger partial charge in [-0.05, 0) is 25.3 Å². The molecule has 0 spiro atoms. The van der Waals surface area contributed by atoms with Crippen molar-refractivity contribution >= 4 is 11.6 Å². The summed E-state index contributed by atoms with van der Waals surface area (Å²) >= 11 is 6.26. The van der Waals surface area contributed by atoms with Crippen molar-refractivity contribution in [2.75, 3.05) is 6.54 Å². The van der Waals surface area contributed by atoms with Gasteiger partial charge in [0.2, 0.25) is 0 Å². The molecule has 0 aromatic carbocycles. The number of nitrogens with zero attached hydrogens (tertiary/aromatic N) is 2. The summed E-state index contributed by atoms with van der Waals surface area (Å²) < 4.78 is 1.99. The molecule has 0 radical (unpaired) electrons. The fourth-order valence-electron chi connectivity index (χ4n) is 2.09. The molecule has 0 fully saturated rings. The van der Waals surface area contributed by atoms with Gasteiger partial charge in [0, 0.05) is 6.54 Å². The average molecular weight is 258 g/mol. The van der Waals surface area contributed by atoms with Gasteiger partial charge in [0.25, 0.3) is 0 Å². The number of aromatic nitrogens is 2. The van der Waals surface area contributed by atoms with Crippen LogP contribution in [0.15, 0.2) is 6.20 Å². The van der Waals surface area contributed by atoms with E-state index >= 15 is 0 Å². The lowest BCUT2D eigenvalue weighted by Gasteiger charge is -2.27. The summed E-state index contributed by atoms with van der Waals surface area (Å²) in [7, 11) is 0. The normalized spacial score (nSPS) is 14.0. The lowest BCUT2D eigenvalue weighted by molar-refractivity contribution is 0.304. The van der Waals surface area contributed by atoms with Crippen LogP contribution in [0.1, 0.15) is 52.8 Å². The van der Waals surface area contributed by atoms with Crippen LogP contribution >= 0.6 is 11.6 Å². The van der Waals surface area contributed by atoms with Gasteiger partial charge in [-0.25, -0.2) is 0 Å². The van der Waals surface area contributed by atoms with Gasteiger partial charge in [-0.3, -0.25) is 4.68 Å². The van der Waals surface area contributed by atoms with Crippen LogP contribution in [0, 0.1) is 5.41 Å². The zero-order chi connectivity index (χ0) is 13.1. The molecule has 0 aliphatic heterocycles. The van der Waals surface area contributed by atoms with Gasteiger partial charge < -0.3 is 5.32 Å². The molecule has 0 saturated carbocycles. The van der Waals surface area contributed by atoms with Crippen LogP contribution in [0.3, 0.4) is 0 Å². The molecule has 17 heavy (non-hydrogen) atoms. The highest BCUT2D eigenvalue weighted by Gasteiger charge is 2.24. The highest BCUT2D eigenvalue weighted by molar-refractivity contribution is 6.31. The van der Waals surface area contributed by atoms with Crippen molar-refractivity contribution in [2.45, 2.75) is 53.6 Å². The number of rotatable bonds is 5. The molecular formula is C13H24ClN3.